The Morgan fingerprint density at radius 3 is 2.77 bits per heavy atom. The fraction of sp³-hybridized carbons (Fsp3) is 0.556. The van der Waals surface area contributed by atoms with Gasteiger partial charge in [-0.15, -0.1) is 0 Å². The lowest BCUT2D eigenvalue weighted by molar-refractivity contribution is -0.133. The summed E-state index contributed by atoms with van der Waals surface area (Å²) in [6.45, 7) is 3.87. The van der Waals surface area contributed by atoms with Gasteiger partial charge in [-0.05, 0) is 18.2 Å². The highest BCUT2D eigenvalue weighted by Gasteiger charge is 2.22. The van der Waals surface area contributed by atoms with Crippen LogP contribution in [0.15, 0.2) is 24.3 Å². The molecule has 2 aliphatic heterocycles. The molecule has 2 saturated heterocycles. The predicted molar refractivity (Wildman–Crippen MR) is 107 cm³/mol. The van der Waals surface area contributed by atoms with Crippen LogP contribution in [0.4, 0.5) is 5.69 Å². The molecule has 0 spiro atoms. The van der Waals surface area contributed by atoms with Gasteiger partial charge in [0.2, 0.25) is 11.8 Å². The molecule has 0 bridgehead atoms. The molecule has 0 aromatic heterocycles. The lowest BCUT2D eigenvalue weighted by Crippen LogP contribution is -2.51. The normalized spacial score (nSPS) is 20.7. The van der Waals surface area contributed by atoms with Gasteiger partial charge in [-0.1, -0.05) is 17.7 Å². The first-order valence-electron chi connectivity index (χ1n) is 8.98. The number of anilines is 1. The number of thioether (sulfide) groups is 1. The molecule has 2 fully saturated rings. The smallest absolute Gasteiger partial charge is 0.242 e. The number of carbonyl (C=O) groups is 2. The molecule has 2 aliphatic rings. The summed E-state index contributed by atoms with van der Waals surface area (Å²) in [7, 11) is 0. The predicted octanol–water partition coefficient (Wildman–Crippen LogP) is 1.20. The highest BCUT2D eigenvalue weighted by Crippen LogP contribution is 2.20. The van der Waals surface area contributed by atoms with Crippen LogP contribution < -0.4 is 15.5 Å². The SMILES string of the molecule is O=C(CC1CSCCN1)NCC(=O)N1CCN(c2cccc(Cl)c2)CC1. The Morgan fingerprint density at radius 1 is 1.27 bits per heavy atom. The number of hydrogen-bond acceptors (Lipinski definition) is 5. The zero-order valence-corrected chi connectivity index (χ0v) is 16.3. The summed E-state index contributed by atoms with van der Waals surface area (Å²) in [4.78, 5) is 28.4. The van der Waals surface area contributed by atoms with E-state index in [2.05, 4.69) is 15.5 Å². The maximum atomic E-state index is 12.3. The molecule has 1 aromatic carbocycles. The topological polar surface area (TPSA) is 64.7 Å². The number of carbonyl (C=O) groups excluding carboxylic acids is 2. The summed E-state index contributed by atoms with van der Waals surface area (Å²) >= 11 is 7.91. The van der Waals surface area contributed by atoms with E-state index in [-0.39, 0.29) is 24.4 Å². The van der Waals surface area contributed by atoms with Crippen molar-refractivity contribution in [2.45, 2.75) is 12.5 Å². The van der Waals surface area contributed by atoms with Crippen LogP contribution in [-0.2, 0) is 9.59 Å². The van der Waals surface area contributed by atoms with Gasteiger partial charge in [0.25, 0.3) is 0 Å². The van der Waals surface area contributed by atoms with Crippen molar-refractivity contribution in [2.24, 2.45) is 0 Å². The average Bonchev–Trinajstić information content (AvgIpc) is 2.67. The fourth-order valence-electron chi connectivity index (χ4n) is 3.22. The van der Waals surface area contributed by atoms with Crippen molar-refractivity contribution in [3.63, 3.8) is 0 Å². The molecule has 2 heterocycles. The molecule has 2 N–H and O–H groups in total. The number of benzene rings is 1. The van der Waals surface area contributed by atoms with E-state index < -0.39 is 0 Å². The van der Waals surface area contributed by atoms with Crippen molar-refractivity contribution in [3.8, 4) is 0 Å². The summed E-state index contributed by atoms with van der Waals surface area (Å²) in [5.41, 5.74) is 1.08. The highest BCUT2D eigenvalue weighted by molar-refractivity contribution is 7.99. The molecule has 0 radical (unpaired) electrons. The Bertz CT molecular complexity index is 631. The molecule has 0 saturated carbocycles. The van der Waals surface area contributed by atoms with E-state index in [1.165, 1.54) is 0 Å². The summed E-state index contributed by atoms with van der Waals surface area (Å²) in [5.74, 6) is 1.97. The third-order valence-electron chi connectivity index (χ3n) is 4.67. The summed E-state index contributed by atoms with van der Waals surface area (Å²) < 4.78 is 0. The number of hydrogen-bond donors (Lipinski definition) is 2. The summed E-state index contributed by atoms with van der Waals surface area (Å²) in [6, 6.07) is 7.97. The molecule has 26 heavy (non-hydrogen) atoms. The number of amides is 2. The number of halogens is 1. The maximum absolute atomic E-state index is 12.3. The van der Waals surface area contributed by atoms with Crippen LogP contribution >= 0.6 is 23.4 Å². The van der Waals surface area contributed by atoms with Gasteiger partial charge >= 0.3 is 0 Å². The zero-order chi connectivity index (χ0) is 18.4. The fourth-order valence-corrected chi connectivity index (χ4v) is 4.35. The maximum Gasteiger partial charge on any atom is 0.242 e. The first-order valence-corrected chi connectivity index (χ1v) is 10.5. The first kappa shape index (κ1) is 19.3. The van der Waals surface area contributed by atoms with Gasteiger partial charge in [0.15, 0.2) is 0 Å². The van der Waals surface area contributed by atoms with E-state index in [9.17, 15) is 9.59 Å². The van der Waals surface area contributed by atoms with Crippen LogP contribution in [0.3, 0.4) is 0 Å². The molecular formula is C18H25ClN4O2S. The molecule has 0 aliphatic carbocycles. The second-order valence-electron chi connectivity index (χ2n) is 6.55. The third kappa shape index (κ3) is 5.53. The van der Waals surface area contributed by atoms with Crippen LogP contribution in [0.1, 0.15) is 6.42 Å². The first-order chi connectivity index (χ1) is 12.6. The Balaban J connectivity index is 1.38. The van der Waals surface area contributed by atoms with E-state index >= 15 is 0 Å². The Hall–Kier alpha value is -1.44. The van der Waals surface area contributed by atoms with E-state index in [0.29, 0.717) is 19.5 Å². The Labute approximate surface area is 163 Å². The van der Waals surface area contributed by atoms with Crippen LogP contribution in [-0.4, -0.2) is 73.5 Å². The third-order valence-corrected chi connectivity index (χ3v) is 6.04. The molecule has 1 unspecified atom stereocenters. The molecule has 2 amide bonds. The molecule has 142 valence electrons. The van der Waals surface area contributed by atoms with Crippen LogP contribution in [0.25, 0.3) is 0 Å². The molecule has 8 heteroatoms. The van der Waals surface area contributed by atoms with Crippen molar-refractivity contribution in [1.29, 1.82) is 0 Å². The van der Waals surface area contributed by atoms with Gasteiger partial charge in [-0.25, -0.2) is 0 Å². The molecular weight excluding hydrogens is 372 g/mol. The average molecular weight is 397 g/mol. The summed E-state index contributed by atoms with van der Waals surface area (Å²) in [6.07, 6.45) is 0.433. The lowest BCUT2D eigenvalue weighted by atomic mass is 10.2. The van der Waals surface area contributed by atoms with Crippen molar-refractivity contribution >= 4 is 40.9 Å². The van der Waals surface area contributed by atoms with Gasteiger partial charge in [0.1, 0.15) is 0 Å². The molecule has 3 rings (SSSR count). The minimum Gasteiger partial charge on any atom is -0.368 e. The second kappa shape index (κ2) is 9.48. The number of nitrogens with one attached hydrogen (secondary N) is 2. The van der Waals surface area contributed by atoms with Gasteiger partial charge < -0.3 is 20.4 Å². The monoisotopic (exact) mass is 396 g/mol. The Morgan fingerprint density at radius 2 is 2.08 bits per heavy atom. The minimum absolute atomic E-state index is 0.0185. The van der Waals surface area contributed by atoms with Gasteiger partial charge in [0, 0.05) is 67.4 Å². The standard InChI is InChI=1S/C18H25ClN4O2S/c19-14-2-1-3-16(10-14)22-5-7-23(8-6-22)18(25)12-21-17(24)11-15-13-26-9-4-20-15/h1-3,10,15,20H,4-9,11-13H2,(H,21,24). The number of nitrogens with zero attached hydrogens (tertiary/aromatic N) is 2. The molecule has 6 nitrogen and oxygen atoms in total. The largest absolute Gasteiger partial charge is 0.368 e. The van der Waals surface area contributed by atoms with Gasteiger partial charge in [0.05, 0.1) is 6.54 Å². The molecule has 1 aromatic rings. The van der Waals surface area contributed by atoms with E-state index in [0.717, 1.165) is 41.8 Å². The highest BCUT2D eigenvalue weighted by atomic mass is 35.5. The van der Waals surface area contributed by atoms with E-state index in [4.69, 9.17) is 11.6 Å². The van der Waals surface area contributed by atoms with Gasteiger partial charge in [-0.2, -0.15) is 11.8 Å². The van der Waals surface area contributed by atoms with Crippen LogP contribution in [0, 0.1) is 0 Å². The van der Waals surface area contributed by atoms with E-state index in [1.807, 2.05) is 40.9 Å². The van der Waals surface area contributed by atoms with Crippen molar-refractivity contribution < 1.29 is 9.59 Å². The number of rotatable bonds is 5. The van der Waals surface area contributed by atoms with E-state index in [1.54, 1.807) is 0 Å². The second-order valence-corrected chi connectivity index (χ2v) is 8.14. The summed E-state index contributed by atoms with van der Waals surface area (Å²) in [5, 5.41) is 6.82. The lowest BCUT2D eigenvalue weighted by Gasteiger charge is -2.36. The minimum atomic E-state index is -0.0593. The van der Waals surface area contributed by atoms with Crippen LogP contribution in [0.2, 0.25) is 5.02 Å². The Kier molecular flexibility index (Phi) is 7.05. The number of piperazine rings is 1. The zero-order valence-electron chi connectivity index (χ0n) is 14.7. The van der Waals surface area contributed by atoms with Crippen molar-refractivity contribution in [2.75, 3.05) is 55.7 Å². The van der Waals surface area contributed by atoms with Gasteiger partial charge in [-0.3, -0.25) is 9.59 Å². The molecule has 1 atom stereocenters. The van der Waals surface area contributed by atoms with Crippen molar-refractivity contribution in [3.05, 3.63) is 29.3 Å². The van der Waals surface area contributed by atoms with Crippen molar-refractivity contribution in [1.82, 2.24) is 15.5 Å². The van der Waals surface area contributed by atoms with Crippen LogP contribution in [0.5, 0.6) is 0 Å². The quantitative estimate of drug-likeness (QED) is 0.783.